The van der Waals surface area contributed by atoms with Crippen LogP contribution in [-0.4, -0.2) is 32.1 Å². The number of aromatic hydroxyl groups is 1. The Kier molecular flexibility index (Phi) is 5.39. The molecule has 0 saturated heterocycles. The highest BCUT2D eigenvalue weighted by Gasteiger charge is 2.22. The van der Waals surface area contributed by atoms with Crippen LogP contribution in [0, 0.1) is 11.6 Å². The van der Waals surface area contributed by atoms with E-state index < -0.39 is 46.6 Å². The van der Waals surface area contributed by atoms with Crippen LogP contribution in [0.2, 0.25) is 0 Å². The lowest BCUT2D eigenvalue weighted by molar-refractivity contribution is -0.117. The summed E-state index contributed by atoms with van der Waals surface area (Å²) < 4.78 is 26.7. The van der Waals surface area contributed by atoms with Crippen LogP contribution in [-0.2, 0) is 4.79 Å². The Labute approximate surface area is 164 Å². The van der Waals surface area contributed by atoms with Crippen LogP contribution >= 0.6 is 11.3 Å². The van der Waals surface area contributed by atoms with Crippen LogP contribution in [0.25, 0.3) is 10.7 Å². The number of anilines is 1. The van der Waals surface area contributed by atoms with Gasteiger partial charge in [0, 0.05) is 6.07 Å². The fraction of sp³-hybridized carbons (Fsp3) is 0.0588. The van der Waals surface area contributed by atoms with Crippen LogP contribution in [0.15, 0.2) is 34.4 Å². The molecule has 29 heavy (non-hydrogen) atoms. The predicted molar refractivity (Wildman–Crippen MR) is 98.7 cm³/mol. The van der Waals surface area contributed by atoms with Gasteiger partial charge in [0.05, 0.1) is 10.6 Å². The second kappa shape index (κ2) is 7.77. The fourth-order valence-electron chi connectivity index (χ4n) is 2.43. The zero-order valence-corrected chi connectivity index (χ0v) is 15.1. The number of hydrogen-bond acceptors (Lipinski definition) is 7. The molecule has 1 amide bonds. The third-order valence-electron chi connectivity index (χ3n) is 3.76. The summed E-state index contributed by atoms with van der Waals surface area (Å²) in [4.78, 5) is 41.4. The number of carboxylic acid groups (broad SMARTS) is 1. The molecule has 3 aromatic rings. The molecule has 0 aliphatic rings. The maximum Gasteiger partial charge on any atom is 0.358 e. The summed E-state index contributed by atoms with van der Waals surface area (Å²) in [5, 5.41) is 22.5. The zero-order chi connectivity index (χ0) is 21.3. The van der Waals surface area contributed by atoms with Crippen LogP contribution in [0.4, 0.5) is 14.5 Å². The van der Waals surface area contributed by atoms with Gasteiger partial charge >= 0.3 is 5.97 Å². The summed E-state index contributed by atoms with van der Waals surface area (Å²) in [6, 6.07) is 2.50. The van der Waals surface area contributed by atoms with Gasteiger partial charge in [-0.05, 0) is 29.1 Å². The first kappa shape index (κ1) is 20.1. The van der Waals surface area contributed by atoms with Gasteiger partial charge in [0.1, 0.15) is 17.7 Å². The molecule has 12 heteroatoms. The molecule has 0 saturated carbocycles. The molecule has 150 valence electrons. The molecule has 0 radical (unpaired) electrons. The minimum Gasteiger partial charge on any atom is -0.501 e. The largest absolute Gasteiger partial charge is 0.501 e. The third-order valence-corrected chi connectivity index (χ3v) is 4.68. The number of aromatic amines is 1. The molecule has 0 bridgehead atoms. The van der Waals surface area contributed by atoms with Crippen molar-refractivity contribution in [2.45, 2.75) is 6.04 Å². The topological polar surface area (TPSA) is 158 Å². The number of rotatable bonds is 5. The smallest absolute Gasteiger partial charge is 0.358 e. The number of carboxylic acids is 1. The predicted octanol–water partition coefficient (Wildman–Crippen LogP) is 1.82. The highest BCUT2D eigenvalue weighted by Crippen LogP contribution is 2.32. The van der Waals surface area contributed by atoms with Crippen molar-refractivity contribution >= 4 is 28.9 Å². The number of halogens is 2. The van der Waals surface area contributed by atoms with Gasteiger partial charge in [-0.2, -0.15) is 0 Å². The van der Waals surface area contributed by atoms with E-state index in [4.69, 9.17) is 10.8 Å². The Morgan fingerprint density at radius 1 is 1.24 bits per heavy atom. The highest BCUT2D eigenvalue weighted by atomic mass is 32.1. The minimum atomic E-state index is -1.62. The van der Waals surface area contributed by atoms with E-state index in [1.807, 2.05) is 0 Å². The van der Waals surface area contributed by atoms with Crippen molar-refractivity contribution in [3.63, 3.8) is 0 Å². The van der Waals surface area contributed by atoms with Crippen molar-refractivity contribution < 1.29 is 28.6 Å². The summed E-state index contributed by atoms with van der Waals surface area (Å²) in [5.41, 5.74) is 3.85. The van der Waals surface area contributed by atoms with Gasteiger partial charge in [0.2, 0.25) is 11.7 Å². The number of amides is 1. The van der Waals surface area contributed by atoms with Crippen molar-refractivity contribution in [3.05, 3.63) is 62.9 Å². The van der Waals surface area contributed by atoms with Gasteiger partial charge < -0.3 is 26.2 Å². The van der Waals surface area contributed by atoms with Gasteiger partial charge in [-0.3, -0.25) is 9.59 Å². The number of carbonyl (C=O) groups is 2. The lowest BCUT2D eigenvalue weighted by Crippen LogP contribution is -2.28. The molecular formula is C17H12F2N4O5S. The van der Waals surface area contributed by atoms with E-state index in [0.29, 0.717) is 6.07 Å². The number of aromatic nitrogens is 2. The normalized spacial score (nSPS) is 11.8. The van der Waals surface area contributed by atoms with Gasteiger partial charge in [-0.15, -0.1) is 11.3 Å². The zero-order valence-electron chi connectivity index (χ0n) is 14.3. The number of hydrogen-bond donors (Lipinski definition) is 5. The maximum absolute atomic E-state index is 13.4. The molecule has 1 aromatic carbocycles. The lowest BCUT2D eigenvalue weighted by Gasteiger charge is -2.13. The summed E-state index contributed by atoms with van der Waals surface area (Å²) in [6.07, 6.45) is 0. The van der Waals surface area contributed by atoms with Crippen molar-refractivity contribution in [1.29, 1.82) is 0 Å². The lowest BCUT2D eigenvalue weighted by atomic mass is 10.1. The molecule has 1 atom stereocenters. The number of aromatic carboxylic acids is 1. The molecule has 0 fully saturated rings. The molecule has 2 aromatic heterocycles. The quantitative estimate of drug-likeness (QED) is 0.419. The third kappa shape index (κ3) is 4.12. The molecule has 9 nitrogen and oxygen atoms in total. The van der Waals surface area contributed by atoms with Crippen molar-refractivity contribution in [2.75, 3.05) is 5.32 Å². The Morgan fingerprint density at radius 2 is 1.90 bits per heavy atom. The Bertz CT molecular complexity index is 1160. The first-order valence-electron chi connectivity index (χ1n) is 7.84. The van der Waals surface area contributed by atoms with E-state index in [9.17, 15) is 28.3 Å². The van der Waals surface area contributed by atoms with E-state index in [-0.39, 0.29) is 22.0 Å². The second-order valence-electron chi connectivity index (χ2n) is 5.75. The summed E-state index contributed by atoms with van der Waals surface area (Å²) in [6.45, 7) is 0. The van der Waals surface area contributed by atoms with Gasteiger partial charge in [-0.25, -0.2) is 18.6 Å². The minimum absolute atomic E-state index is 0.0962. The molecular weight excluding hydrogens is 410 g/mol. The maximum atomic E-state index is 13.4. The van der Waals surface area contributed by atoms with Crippen molar-refractivity contribution in [2.24, 2.45) is 5.73 Å². The standard InChI is InChI=1S/C17H12F2N4O5S/c18-7-3-6(4-8(19)5-7)10(20)15(25)21-9-1-2-29-13(9)14-22-11(17(27)28)12(24)16(26)23-14/h1-5,10,24H,20H2,(H,21,25)(H,27,28)(H,22,23,26). The van der Waals surface area contributed by atoms with Crippen LogP contribution in [0.3, 0.4) is 0 Å². The Balaban J connectivity index is 1.92. The Hall–Kier alpha value is -3.64. The molecule has 1 unspecified atom stereocenters. The van der Waals surface area contributed by atoms with Crippen molar-refractivity contribution in [3.8, 4) is 16.5 Å². The van der Waals surface area contributed by atoms with E-state index in [1.54, 1.807) is 0 Å². The number of thiophene rings is 1. The van der Waals surface area contributed by atoms with Gasteiger partial charge in [-0.1, -0.05) is 0 Å². The monoisotopic (exact) mass is 422 g/mol. The SMILES string of the molecule is NC(C(=O)Nc1ccsc1-c1nc(C(=O)O)c(O)c(=O)[nH]1)c1cc(F)cc(F)c1. The molecule has 2 heterocycles. The van der Waals surface area contributed by atoms with Gasteiger partial charge in [0.25, 0.3) is 5.56 Å². The van der Waals surface area contributed by atoms with E-state index in [1.165, 1.54) is 11.4 Å². The van der Waals surface area contributed by atoms with E-state index >= 15 is 0 Å². The van der Waals surface area contributed by atoms with Crippen LogP contribution < -0.4 is 16.6 Å². The van der Waals surface area contributed by atoms with Crippen molar-refractivity contribution in [1.82, 2.24) is 9.97 Å². The van der Waals surface area contributed by atoms with Gasteiger partial charge in [0.15, 0.2) is 11.5 Å². The number of benzene rings is 1. The first-order valence-corrected chi connectivity index (χ1v) is 8.72. The number of nitrogens with one attached hydrogen (secondary N) is 2. The molecule has 0 spiro atoms. The van der Waals surface area contributed by atoms with Crippen LogP contribution in [0.5, 0.6) is 5.75 Å². The summed E-state index contributed by atoms with van der Waals surface area (Å²) in [7, 11) is 0. The number of carbonyl (C=O) groups excluding carboxylic acids is 1. The number of nitrogens with two attached hydrogens (primary N) is 1. The summed E-state index contributed by atoms with van der Waals surface area (Å²) >= 11 is 1.01. The first-order chi connectivity index (χ1) is 13.7. The van der Waals surface area contributed by atoms with E-state index in [2.05, 4.69) is 15.3 Å². The number of H-pyrrole nitrogens is 1. The molecule has 3 rings (SSSR count). The molecule has 0 aliphatic carbocycles. The van der Waals surface area contributed by atoms with E-state index in [0.717, 1.165) is 23.5 Å². The fourth-order valence-corrected chi connectivity index (χ4v) is 3.23. The summed E-state index contributed by atoms with van der Waals surface area (Å²) in [5.74, 6) is -5.49. The average molecular weight is 422 g/mol. The van der Waals surface area contributed by atoms with Crippen LogP contribution in [0.1, 0.15) is 22.1 Å². The Morgan fingerprint density at radius 3 is 2.52 bits per heavy atom. The second-order valence-corrected chi connectivity index (χ2v) is 6.67. The average Bonchev–Trinajstić information content (AvgIpc) is 3.10. The molecule has 0 aliphatic heterocycles. The molecule has 6 N–H and O–H groups in total. The highest BCUT2D eigenvalue weighted by molar-refractivity contribution is 7.14. The number of nitrogens with zero attached hydrogens (tertiary/aromatic N) is 1.